The van der Waals surface area contributed by atoms with Crippen LogP contribution in [0.25, 0.3) is 0 Å². The van der Waals surface area contributed by atoms with Crippen LogP contribution in [0.4, 0.5) is 13.2 Å². The summed E-state index contributed by atoms with van der Waals surface area (Å²) in [5.74, 6) is -4.36. The molecule has 0 saturated carbocycles. The Balaban J connectivity index is 1.70. The number of amides is 2. The predicted octanol–water partition coefficient (Wildman–Crippen LogP) is 2.27. The van der Waals surface area contributed by atoms with Gasteiger partial charge in [0.15, 0.2) is 11.6 Å². The standard InChI is InChI=1S/C20H19F3N2O3/c21-15-6-1-4-13(10-15)11-24-18(26)20(28)8-3-9-25(19(20)27)12-14-5-2-7-16(22)17(14)23/h1-2,4-7,10,28H,3,8-9,11-12H2,(H,24,26)/t20-/m1/s1. The van der Waals surface area contributed by atoms with Crippen molar-refractivity contribution in [2.75, 3.05) is 6.54 Å². The van der Waals surface area contributed by atoms with Gasteiger partial charge in [0, 0.05) is 25.2 Å². The van der Waals surface area contributed by atoms with Crippen LogP contribution in [-0.4, -0.2) is 34.0 Å². The molecule has 0 unspecified atom stereocenters. The van der Waals surface area contributed by atoms with Crippen molar-refractivity contribution in [3.63, 3.8) is 0 Å². The van der Waals surface area contributed by atoms with Crippen LogP contribution < -0.4 is 5.32 Å². The number of carbonyl (C=O) groups excluding carboxylic acids is 2. The summed E-state index contributed by atoms with van der Waals surface area (Å²) in [6.07, 6.45) is 0.218. The van der Waals surface area contributed by atoms with Crippen LogP contribution in [0, 0.1) is 17.5 Å². The second-order valence-corrected chi connectivity index (χ2v) is 6.72. The molecule has 1 aliphatic heterocycles. The topological polar surface area (TPSA) is 69.6 Å². The number of halogens is 3. The zero-order valence-corrected chi connectivity index (χ0v) is 14.9. The van der Waals surface area contributed by atoms with Gasteiger partial charge in [-0.2, -0.15) is 0 Å². The van der Waals surface area contributed by atoms with Crippen LogP contribution in [0.2, 0.25) is 0 Å². The summed E-state index contributed by atoms with van der Waals surface area (Å²) in [6, 6.07) is 9.18. The lowest BCUT2D eigenvalue weighted by Crippen LogP contribution is -2.60. The molecule has 0 radical (unpaired) electrons. The van der Waals surface area contributed by atoms with Crippen LogP contribution in [-0.2, 0) is 22.7 Å². The summed E-state index contributed by atoms with van der Waals surface area (Å²) in [4.78, 5) is 26.3. The number of carbonyl (C=O) groups is 2. The average Bonchev–Trinajstić information content (AvgIpc) is 2.67. The molecular formula is C20H19F3N2O3. The van der Waals surface area contributed by atoms with Crippen LogP contribution in [0.15, 0.2) is 42.5 Å². The number of rotatable bonds is 5. The van der Waals surface area contributed by atoms with Gasteiger partial charge in [-0.25, -0.2) is 13.2 Å². The average molecular weight is 392 g/mol. The first-order chi connectivity index (χ1) is 13.3. The molecule has 1 atom stereocenters. The summed E-state index contributed by atoms with van der Waals surface area (Å²) in [7, 11) is 0. The minimum absolute atomic E-state index is 0.0437. The van der Waals surface area contributed by atoms with Crippen molar-refractivity contribution >= 4 is 11.8 Å². The smallest absolute Gasteiger partial charge is 0.264 e. The van der Waals surface area contributed by atoms with Gasteiger partial charge in [-0.1, -0.05) is 24.3 Å². The Morgan fingerprint density at radius 3 is 2.68 bits per heavy atom. The van der Waals surface area contributed by atoms with Crippen LogP contribution >= 0.6 is 0 Å². The lowest BCUT2D eigenvalue weighted by molar-refractivity contribution is -0.166. The first kappa shape index (κ1) is 19.9. The van der Waals surface area contributed by atoms with E-state index in [0.29, 0.717) is 12.0 Å². The van der Waals surface area contributed by atoms with E-state index < -0.39 is 34.9 Å². The molecule has 148 valence electrons. The van der Waals surface area contributed by atoms with Gasteiger partial charge < -0.3 is 15.3 Å². The first-order valence-corrected chi connectivity index (χ1v) is 8.78. The van der Waals surface area contributed by atoms with E-state index in [1.54, 1.807) is 6.07 Å². The minimum Gasteiger partial charge on any atom is -0.372 e. The maximum atomic E-state index is 13.9. The van der Waals surface area contributed by atoms with E-state index >= 15 is 0 Å². The maximum Gasteiger partial charge on any atom is 0.264 e. The van der Waals surface area contributed by atoms with Crippen molar-refractivity contribution in [3.8, 4) is 0 Å². The molecule has 28 heavy (non-hydrogen) atoms. The summed E-state index contributed by atoms with van der Waals surface area (Å²) < 4.78 is 40.5. The van der Waals surface area contributed by atoms with E-state index in [9.17, 15) is 27.9 Å². The fraction of sp³-hybridized carbons (Fsp3) is 0.300. The highest BCUT2D eigenvalue weighted by molar-refractivity contribution is 6.08. The largest absolute Gasteiger partial charge is 0.372 e. The number of likely N-dealkylation sites (tertiary alicyclic amines) is 1. The molecule has 8 heteroatoms. The summed E-state index contributed by atoms with van der Waals surface area (Å²) in [5.41, 5.74) is -1.88. The highest BCUT2D eigenvalue weighted by Crippen LogP contribution is 2.25. The Labute approximate surface area is 159 Å². The Bertz CT molecular complexity index is 906. The van der Waals surface area contributed by atoms with Crippen LogP contribution in [0.3, 0.4) is 0 Å². The van der Waals surface area contributed by atoms with Gasteiger partial charge >= 0.3 is 0 Å². The molecule has 2 aromatic rings. The minimum atomic E-state index is -2.31. The number of benzene rings is 2. The van der Waals surface area contributed by atoms with E-state index in [1.165, 1.54) is 30.3 Å². The first-order valence-electron chi connectivity index (χ1n) is 8.78. The number of nitrogens with zero attached hydrogens (tertiary/aromatic N) is 1. The van der Waals surface area contributed by atoms with E-state index in [1.807, 2.05) is 0 Å². The third-order valence-electron chi connectivity index (χ3n) is 4.72. The number of hydrogen-bond acceptors (Lipinski definition) is 3. The molecule has 0 spiro atoms. The molecule has 0 bridgehead atoms. The monoisotopic (exact) mass is 392 g/mol. The van der Waals surface area contributed by atoms with E-state index in [0.717, 1.165) is 11.0 Å². The van der Waals surface area contributed by atoms with Gasteiger partial charge in [0.1, 0.15) is 5.82 Å². The van der Waals surface area contributed by atoms with Crippen LogP contribution in [0.1, 0.15) is 24.0 Å². The predicted molar refractivity (Wildman–Crippen MR) is 94.2 cm³/mol. The molecule has 0 aliphatic carbocycles. The van der Waals surface area contributed by atoms with E-state index in [2.05, 4.69) is 5.32 Å². The van der Waals surface area contributed by atoms with Gasteiger partial charge in [-0.15, -0.1) is 0 Å². The second kappa shape index (κ2) is 8.02. The van der Waals surface area contributed by atoms with Gasteiger partial charge in [-0.05, 0) is 36.6 Å². The number of aliphatic hydroxyl groups is 1. The number of piperidine rings is 1. The van der Waals surface area contributed by atoms with Crippen molar-refractivity contribution in [2.24, 2.45) is 0 Å². The van der Waals surface area contributed by atoms with Crippen molar-refractivity contribution in [3.05, 3.63) is 71.0 Å². The van der Waals surface area contributed by atoms with Crippen molar-refractivity contribution < 1.29 is 27.9 Å². The molecule has 2 aromatic carbocycles. The molecule has 1 saturated heterocycles. The lowest BCUT2D eigenvalue weighted by Gasteiger charge is -2.37. The Kier molecular flexibility index (Phi) is 5.69. The Hall–Kier alpha value is -2.87. The number of hydrogen-bond donors (Lipinski definition) is 2. The fourth-order valence-electron chi connectivity index (χ4n) is 3.21. The summed E-state index contributed by atoms with van der Waals surface area (Å²) >= 11 is 0. The molecule has 3 rings (SSSR count). The fourth-order valence-corrected chi connectivity index (χ4v) is 3.21. The SMILES string of the molecule is O=C(NCc1cccc(F)c1)[C@]1(O)CCCN(Cc2cccc(F)c2F)C1=O. The third kappa shape index (κ3) is 4.01. The third-order valence-corrected chi connectivity index (χ3v) is 4.72. The summed E-state index contributed by atoms with van der Waals surface area (Å²) in [6.45, 7) is -0.124. The van der Waals surface area contributed by atoms with Crippen molar-refractivity contribution in [1.29, 1.82) is 0 Å². The quantitative estimate of drug-likeness (QED) is 0.767. The highest BCUT2D eigenvalue weighted by atomic mass is 19.2. The molecule has 5 nitrogen and oxygen atoms in total. The summed E-state index contributed by atoms with van der Waals surface area (Å²) in [5, 5.41) is 13.1. The zero-order chi connectivity index (χ0) is 20.3. The molecule has 1 heterocycles. The molecule has 2 amide bonds. The normalized spacial score (nSPS) is 19.6. The lowest BCUT2D eigenvalue weighted by atomic mass is 9.90. The zero-order valence-electron chi connectivity index (χ0n) is 14.9. The second-order valence-electron chi connectivity index (χ2n) is 6.72. The van der Waals surface area contributed by atoms with Crippen molar-refractivity contribution in [1.82, 2.24) is 10.2 Å². The number of nitrogens with one attached hydrogen (secondary N) is 1. The van der Waals surface area contributed by atoms with Gasteiger partial charge in [0.2, 0.25) is 5.60 Å². The van der Waals surface area contributed by atoms with E-state index in [4.69, 9.17) is 0 Å². The molecular weight excluding hydrogens is 373 g/mol. The Morgan fingerprint density at radius 1 is 1.18 bits per heavy atom. The molecule has 2 N–H and O–H groups in total. The molecule has 1 aliphatic rings. The Morgan fingerprint density at radius 2 is 1.93 bits per heavy atom. The molecule has 1 fully saturated rings. The van der Waals surface area contributed by atoms with Gasteiger partial charge in [-0.3, -0.25) is 9.59 Å². The molecule has 0 aromatic heterocycles. The van der Waals surface area contributed by atoms with Crippen molar-refractivity contribution in [2.45, 2.75) is 31.5 Å². The van der Waals surface area contributed by atoms with Gasteiger partial charge in [0.05, 0.1) is 0 Å². The maximum absolute atomic E-state index is 13.9. The van der Waals surface area contributed by atoms with Gasteiger partial charge in [0.25, 0.3) is 11.8 Å². The van der Waals surface area contributed by atoms with E-state index in [-0.39, 0.29) is 31.6 Å². The van der Waals surface area contributed by atoms with Crippen LogP contribution in [0.5, 0.6) is 0 Å². The highest BCUT2D eigenvalue weighted by Gasteiger charge is 2.48.